The minimum atomic E-state index is -4.68. The Kier molecular flexibility index (Phi) is 3.91. The van der Waals surface area contributed by atoms with Gasteiger partial charge < -0.3 is 9.67 Å². The Labute approximate surface area is 123 Å². The summed E-state index contributed by atoms with van der Waals surface area (Å²) in [6, 6.07) is 6.37. The zero-order chi connectivity index (χ0) is 16.5. The van der Waals surface area contributed by atoms with Crippen LogP contribution in [0.1, 0.15) is 24.2 Å². The molecule has 0 aliphatic carbocycles. The molecule has 0 aliphatic heterocycles. The van der Waals surface area contributed by atoms with E-state index >= 15 is 0 Å². The zero-order valence-corrected chi connectivity index (χ0v) is 11.3. The highest BCUT2D eigenvalue weighted by Crippen LogP contribution is 2.32. The Morgan fingerprint density at radius 1 is 1.36 bits per heavy atom. The predicted molar refractivity (Wildman–Crippen MR) is 69.7 cm³/mol. The lowest BCUT2D eigenvalue weighted by Gasteiger charge is -2.11. The number of carbonyl (C=O) groups is 1. The standard InChI is InChI=1S/C14H10F3N3O2/c1-8(13(21)22)20-7-11(14(15,16)17)19-12(20)10-4-2-9(6-18)3-5-10/h2-5,7-8H,1H3,(H,21,22). The Bertz CT molecular complexity index is 742. The fourth-order valence-electron chi connectivity index (χ4n) is 1.85. The maximum absolute atomic E-state index is 12.8. The van der Waals surface area contributed by atoms with Crippen molar-refractivity contribution < 1.29 is 23.1 Å². The number of rotatable bonds is 3. The molecule has 1 atom stereocenters. The molecule has 0 aliphatic rings. The van der Waals surface area contributed by atoms with Gasteiger partial charge in [-0.1, -0.05) is 0 Å². The van der Waals surface area contributed by atoms with E-state index in [9.17, 15) is 18.0 Å². The fourth-order valence-corrected chi connectivity index (χ4v) is 1.85. The van der Waals surface area contributed by atoms with Crippen molar-refractivity contribution in [2.45, 2.75) is 19.1 Å². The summed E-state index contributed by atoms with van der Waals surface area (Å²) in [6.45, 7) is 1.26. The first-order chi connectivity index (χ1) is 10.2. The van der Waals surface area contributed by atoms with Crippen LogP contribution in [0.5, 0.6) is 0 Å². The molecule has 1 heterocycles. The van der Waals surface area contributed by atoms with E-state index in [1.165, 1.54) is 31.2 Å². The summed E-state index contributed by atoms with van der Waals surface area (Å²) in [5, 5.41) is 17.8. The third-order valence-corrected chi connectivity index (χ3v) is 3.07. The summed E-state index contributed by atoms with van der Waals surface area (Å²) in [4.78, 5) is 14.6. The largest absolute Gasteiger partial charge is 0.480 e. The fraction of sp³-hybridized carbons (Fsp3) is 0.214. The highest BCUT2D eigenvalue weighted by Gasteiger charge is 2.36. The molecule has 22 heavy (non-hydrogen) atoms. The smallest absolute Gasteiger partial charge is 0.434 e. The van der Waals surface area contributed by atoms with Crippen molar-refractivity contribution in [3.8, 4) is 17.5 Å². The molecule has 0 saturated heterocycles. The quantitative estimate of drug-likeness (QED) is 0.945. The second-order valence-corrected chi connectivity index (χ2v) is 4.56. The second-order valence-electron chi connectivity index (χ2n) is 4.56. The minimum absolute atomic E-state index is 0.119. The van der Waals surface area contributed by atoms with Crippen LogP contribution in [0.25, 0.3) is 11.4 Å². The van der Waals surface area contributed by atoms with Gasteiger partial charge >= 0.3 is 12.1 Å². The topological polar surface area (TPSA) is 78.9 Å². The van der Waals surface area contributed by atoms with Crippen molar-refractivity contribution in [3.63, 3.8) is 0 Å². The number of imidazole rings is 1. The van der Waals surface area contributed by atoms with Gasteiger partial charge in [-0.25, -0.2) is 9.78 Å². The predicted octanol–water partition coefficient (Wildman–Crippen LogP) is 3.09. The lowest BCUT2D eigenvalue weighted by Crippen LogP contribution is -2.16. The van der Waals surface area contributed by atoms with Crippen molar-refractivity contribution in [2.75, 3.05) is 0 Å². The van der Waals surface area contributed by atoms with Gasteiger partial charge in [-0.3, -0.25) is 0 Å². The monoisotopic (exact) mass is 309 g/mol. The number of nitriles is 1. The van der Waals surface area contributed by atoms with Gasteiger partial charge in [0.2, 0.25) is 0 Å². The summed E-state index contributed by atoms with van der Waals surface area (Å²) in [5.41, 5.74) is -0.535. The normalized spacial score (nSPS) is 12.7. The molecule has 2 rings (SSSR count). The molecule has 1 aromatic carbocycles. The van der Waals surface area contributed by atoms with E-state index in [1.807, 2.05) is 6.07 Å². The van der Waals surface area contributed by atoms with E-state index in [2.05, 4.69) is 4.98 Å². The van der Waals surface area contributed by atoms with Crippen LogP contribution in [0.2, 0.25) is 0 Å². The van der Waals surface area contributed by atoms with Gasteiger partial charge in [-0.15, -0.1) is 0 Å². The maximum Gasteiger partial charge on any atom is 0.434 e. The van der Waals surface area contributed by atoms with Gasteiger partial charge in [-0.2, -0.15) is 18.4 Å². The SMILES string of the molecule is CC(C(=O)O)n1cc(C(F)(F)F)nc1-c1ccc(C#N)cc1. The summed E-state index contributed by atoms with van der Waals surface area (Å²) in [6.07, 6.45) is -4.00. The Morgan fingerprint density at radius 2 is 1.95 bits per heavy atom. The van der Waals surface area contributed by atoms with Crippen molar-refractivity contribution in [2.24, 2.45) is 0 Å². The molecule has 114 valence electrons. The van der Waals surface area contributed by atoms with Crippen molar-refractivity contribution in [1.29, 1.82) is 5.26 Å². The van der Waals surface area contributed by atoms with Gasteiger partial charge in [0.1, 0.15) is 11.9 Å². The molecular weight excluding hydrogens is 299 g/mol. The van der Waals surface area contributed by atoms with E-state index in [4.69, 9.17) is 10.4 Å². The van der Waals surface area contributed by atoms with Crippen LogP contribution in [0, 0.1) is 11.3 Å². The molecule has 0 amide bonds. The van der Waals surface area contributed by atoms with E-state index in [0.29, 0.717) is 17.3 Å². The first kappa shape index (κ1) is 15.6. The second kappa shape index (κ2) is 5.52. The molecule has 8 heteroatoms. The lowest BCUT2D eigenvalue weighted by atomic mass is 10.1. The number of benzene rings is 1. The number of carboxylic acids is 1. The van der Waals surface area contributed by atoms with Crippen LogP contribution in [0.15, 0.2) is 30.5 Å². The van der Waals surface area contributed by atoms with E-state index < -0.39 is 23.9 Å². The third-order valence-electron chi connectivity index (χ3n) is 3.07. The van der Waals surface area contributed by atoms with Crippen LogP contribution in [-0.4, -0.2) is 20.6 Å². The highest BCUT2D eigenvalue weighted by molar-refractivity contribution is 5.73. The average molecular weight is 309 g/mol. The summed E-state index contributed by atoms with van der Waals surface area (Å²) < 4.78 is 39.4. The van der Waals surface area contributed by atoms with E-state index in [1.54, 1.807) is 0 Å². The molecule has 0 bridgehead atoms. The minimum Gasteiger partial charge on any atom is -0.480 e. The molecule has 2 aromatic rings. The Morgan fingerprint density at radius 3 is 2.41 bits per heavy atom. The van der Waals surface area contributed by atoms with Crippen LogP contribution in [0.3, 0.4) is 0 Å². The average Bonchev–Trinajstić information content (AvgIpc) is 2.91. The highest BCUT2D eigenvalue weighted by atomic mass is 19.4. The van der Waals surface area contributed by atoms with Crippen molar-refractivity contribution in [3.05, 3.63) is 41.7 Å². The molecule has 0 fully saturated rings. The van der Waals surface area contributed by atoms with E-state index in [-0.39, 0.29) is 5.82 Å². The van der Waals surface area contributed by atoms with Crippen molar-refractivity contribution in [1.82, 2.24) is 9.55 Å². The molecule has 0 saturated carbocycles. The number of hydrogen-bond acceptors (Lipinski definition) is 3. The Balaban J connectivity index is 2.59. The summed E-state index contributed by atoms with van der Waals surface area (Å²) in [7, 11) is 0. The lowest BCUT2D eigenvalue weighted by molar-refractivity contribution is -0.142. The first-order valence-electron chi connectivity index (χ1n) is 6.13. The third kappa shape index (κ3) is 2.93. The number of halogens is 3. The number of hydrogen-bond donors (Lipinski definition) is 1. The molecular formula is C14H10F3N3O2. The molecule has 0 radical (unpaired) electrons. The molecule has 0 spiro atoms. The molecule has 1 N–H and O–H groups in total. The number of nitrogens with zero attached hydrogens (tertiary/aromatic N) is 3. The van der Waals surface area contributed by atoms with E-state index in [0.717, 1.165) is 4.57 Å². The number of aliphatic carboxylic acids is 1. The number of aromatic nitrogens is 2. The molecule has 1 aromatic heterocycles. The first-order valence-corrected chi connectivity index (χ1v) is 6.13. The summed E-state index contributed by atoms with van der Waals surface area (Å²) >= 11 is 0. The molecule has 5 nitrogen and oxygen atoms in total. The van der Waals surface area contributed by atoms with Gasteiger partial charge in [0.25, 0.3) is 0 Å². The van der Waals surface area contributed by atoms with Gasteiger partial charge in [-0.05, 0) is 31.2 Å². The summed E-state index contributed by atoms with van der Waals surface area (Å²) in [5.74, 6) is -1.40. The van der Waals surface area contributed by atoms with Crippen LogP contribution >= 0.6 is 0 Å². The molecule has 1 unspecified atom stereocenters. The zero-order valence-electron chi connectivity index (χ0n) is 11.3. The van der Waals surface area contributed by atoms with Crippen molar-refractivity contribution >= 4 is 5.97 Å². The van der Waals surface area contributed by atoms with Crippen LogP contribution < -0.4 is 0 Å². The number of alkyl halides is 3. The number of carboxylic acid groups (broad SMARTS) is 1. The van der Waals surface area contributed by atoms with Gasteiger partial charge in [0.05, 0.1) is 11.6 Å². The van der Waals surface area contributed by atoms with Crippen LogP contribution in [-0.2, 0) is 11.0 Å². The van der Waals surface area contributed by atoms with Gasteiger partial charge in [0, 0.05) is 11.8 Å². The Hall–Kier alpha value is -2.82. The maximum atomic E-state index is 12.8. The van der Waals surface area contributed by atoms with Gasteiger partial charge in [0.15, 0.2) is 5.69 Å². The van der Waals surface area contributed by atoms with Crippen LogP contribution in [0.4, 0.5) is 13.2 Å².